The molecule has 1 heterocycles. The first-order valence-corrected chi connectivity index (χ1v) is 10.9. The van der Waals surface area contributed by atoms with E-state index in [1.807, 2.05) is 48.7 Å². The lowest BCUT2D eigenvalue weighted by Gasteiger charge is -2.19. The Morgan fingerprint density at radius 2 is 1.66 bits per heavy atom. The number of amides is 1. The number of ether oxygens (including phenoxy) is 1. The van der Waals surface area contributed by atoms with E-state index in [2.05, 4.69) is 58.9 Å². The van der Waals surface area contributed by atoms with Gasteiger partial charge in [-0.25, -0.2) is 0 Å². The number of methoxy groups -OCH3 is 1. The lowest BCUT2D eigenvalue weighted by molar-refractivity contribution is -0.120. The molecule has 0 radical (unpaired) electrons. The fourth-order valence-electron chi connectivity index (χ4n) is 4.01. The van der Waals surface area contributed by atoms with Gasteiger partial charge in [0.2, 0.25) is 5.91 Å². The van der Waals surface area contributed by atoms with Crippen LogP contribution in [0, 0.1) is 0 Å². The molecule has 1 aromatic heterocycles. The number of aromatic amines is 1. The van der Waals surface area contributed by atoms with Crippen molar-refractivity contribution in [2.75, 3.05) is 20.2 Å². The third-order valence-electron chi connectivity index (χ3n) is 5.89. The number of carbonyl (C=O) groups is 1. The van der Waals surface area contributed by atoms with Crippen molar-refractivity contribution in [2.45, 2.75) is 18.9 Å². The van der Waals surface area contributed by atoms with Gasteiger partial charge in [-0.3, -0.25) is 4.79 Å². The zero-order chi connectivity index (χ0) is 22.3. The Labute approximate surface area is 188 Å². The average Bonchev–Trinajstić information content (AvgIpc) is 3.27. The van der Waals surface area contributed by atoms with E-state index in [1.165, 1.54) is 5.39 Å². The van der Waals surface area contributed by atoms with Crippen LogP contribution in [-0.4, -0.2) is 31.1 Å². The highest BCUT2D eigenvalue weighted by Crippen LogP contribution is 2.31. The molecule has 0 unspecified atom stereocenters. The van der Waals surface area contributed by atoms with Crippen molar-refractivity contribution < 1.29 is 9.53 Å². The van der Waals surface area contributed by atoms with Gasteiger partial charge in [-0.15, -0.1) is 0 Å². The van der Waals surface area contributed by atoms with Gasteiger partial charge in [-0.1, -0.05) is 60.7 Å². The summed E-state index contributed by atoms with van der Waals surface area (Å²) >= 11 is 0. The van der Waals surface area contributed by atoms with Gasteiger partial charge < -0.3 is 20.4 Å². The Kier molecular flexibility index (Phi) is 6.87. The second kappa shape index (κ2) is 10.2. The summed E-state index contributed by atoms with van der Waals surface area (Å²) in [5.41, 5.74) is 4.54. The molecule has 4 rings (SSSR count). The van der Waals surface area contributed by atoms with Crippen molar-refractivity contribution in [1.29, 1.82) is 0 Å². The molecule has 32 heavy (non-hydrogen) atoms. The minimum Gasteiger partial charge on any atom is -0.497 e. The van der Waals surface area contributed by atoms with Crippen molar-refractivity contribution in [1.82, 2.24) is 15.6 Å². The zero-order valence-electron chi connectivity index (χ0n) is 18.5. The molecular formula is C27H29N3O2. The number of fused-ring (bicyclic) bond motifs is 1. The Bertz CT molecular complexity index is 1150. The Hall–Kier alpha value is -3.57. The molecule has 0 bridgehead atoms. The third kappa shape index (κ3) is 5.01. The van der Waals surface area contributed by atoms with Crippen molar-refractivity contribution in [2.24, 2.45) is 0 Å². The third-order valence-corrected chi connectivity index (χ3v) is 5.89. The molecule has 0 spiro atoms. The highest BCUT2D eigenvalue weighted by molar-refractivity contribution is 5.84. The standard InChI is InChI=1S/C27H29N3O2/c1-19(20-8-4-3-5-9-20)28-18-27(31)30-16-24(21-12-14-22(32-2)15-13-21)25-17-29-26-11-7-6-10-23(25)26/h3-15,17,19,24,28-29H,16,18H2,1-2H3,(H,30,31)/t19-,24+/m0/s1. The normalized spacial score (nSPS) is 12.9. The Morgan fingerprint density at radius 3 is 2.41 bits per heavy atom. The minimum atomic E-state index is -0.0221. The van der Waals surface area contributed by atoms with E-state index in [0.29, 0.717) is 6.54 Å². The number of H-pyrrole nitrogens is 1. The number of para-hydroxylation sites is 1. The first-order valence-electron chi connectivity index (χ1n) is 10.9. The molecule has 0 saturated heterocycles. The smallest absolute Gasteiger partial charge is 0.234 e. The lowest BCUT2D eigenvalue weighted by Crippen LogP contribution is -2.37. The van der Waals surface area contributed by atoms with E-state index in [-0.39, 0.29) is 24.4 Å². The largest absolute Gasteiger partial charge is 0.497 e. The number of aromatic nitrogens is 1. The molecule has 3 aromatic carbocycles. The van der Waals surface area contributed by atoms with Crippen LogP contribution in [0.3, 0.4) is 0 Å². The highest BCUT2D eigenvalue weighted by Gasteiger charge is 2.19. The summed E-state index contributed by atoms with van der Waals surface area (Å²) in [6.45, 7) is 2.84. The van der Waals surface area contributed by atoms with Gasteiger partial charge in [0.05, 0.1) is 13.7 Å². The molecule has 0 aliphatic carbocycles. The van der Waals surface area contributed by atoms with Gasteiger partial charge >= 0.3 is 0 Å². The monoisotopic (exact) mass is 427 g/mol. The molecule has 5 nitrogen and oxygen atoms in total. The Morgan fingerprint density at radius 1 is 0.938 bits per heavy atom. The topological polar surface area (TPSA) is 66.2 Å². The second-order valence-electron chi connectivity index (χ2n) is 7.93. The first kappa shape index (κ1) is 21.7. The summed E-state index contributed by atoms with van der Waals surface area (Å²) in [5, 5.41) is 7.60. The van der Waals surface area contributed by atoms with Gasteiger partial charge in [0.1, 0.15) is 5.75 Å². The number of hydrogen-bond acceptors (Lipinski definition) is 3. The van der Waals surface area contributed by atoms with Crippen LogP contribution in [0.15, 0.2) is 85.1 Å². The minimum absolute atomic E-state index is 0.0209. The summed E-state index contributed by atoms with van der Waals surface area (Å²) in [7, 11) is 1.66. The second-order valence-corrected chi connectivity index (χ2v) is 7.93. The van der Waals surface area contributed by atoms with E-state index in [9.17, 15) is 4.79 Å². The van der Waals surface area contributed by atoms with Crippen LogP contribution in [0.25, 0.3) is 10.9 Å². The van der Waals surface area contributed by atoms with E-state index in [1.54, 1.807) is 7.11 Å². The molecule has 0 aliphatic rings. The fraction of sp³-hybridized carbons (Fsp3) is 0.222. The Balaban J connectivity index is 1.47. The molecule has 0 fully saturated rings. The summed E-state index contributed by atoms with van der Waals surface area (Å²) in [4.78, 5) is 16.0. The van der Waals surface area contributed by atoms with Gasteiger partial charge in [-0.2, -0.15) is 0 Å². The van der Waals surface area contributed by atoms with Gasteiger partial charge in [0.15, 0.2) is 0 Å². The van der Waals surface area contributed by atoms with E-state index in [4.69, 9.17) is 4.74 Å². The summed E-state index contributed by atoms with van der Waals surface area (Å²) in [6.07, 6.45) is 2.04. The maximum Gasteiger partial charge on any atom is 0.234 e. The molecule has 5 heteroatoms. The SMILES string of the molecule is COc1ccc([C@@H](CNC(=O)CN[C@@H](C)c2ccccc2)c2c[nH]c3ccccc23)cc1. The molecule has 0 saturated carbocycles. The van der Waals surface area contributed by atoms with Crippen LogP contribution in [-0.2, 0) is 4.79 Å². The van der Waals surface area contributed by atoms with Gasteiger partial charge in [0, 0.05) is 35.6 Å². The molecule has 2 atom stereocenters. The fourth-order valence-corrected chi connectivity index (χ4v) is 4.01. The van der Waals surface area contributed by atoms with Crippen molar-refractivity contribution in [3.8, 4) is 5.75 Å². The quantitative estimate of drug-likeness (QED) is 0.360. The zero-order valence-corrected chi connectivity index (χ0v) is 18.5. The number of carbonyl (C=O) groups excluding carboxylic acids is 1. The van der Waals surface area contributed by atoms with E-state index < -0.39 is 0 Å². The van der Waals surface area contributed by atoms with Crippen LogP contribution >= 0.6 is 0 Å². The van der Waals surface area contributed by atoms with Crippen molar-refractivity contribution >= 4 is 16.8 Å². The maximum absolute atomic E-state index is 12.6. The number of hydrogen-bond donors (Lipinski definition) is 3. The molecule has 4 aromatic rings. The average molecular weight is 428 g/mol. The van der Waals surface area contributed by atoms with E-state index in [0.717, 1.165) is 28.0 Å². The van der Waals surface area contributed by atoms with Crippen LogP contribution < -0.4 is 15.4 Å². The van der Waals surface area contributed by atoms with Crippen LogP contribution in [0.5, 0.6) is 5.75 Å². The van der Waals surface area contributed by atoms with E-state index >= 15 is 0 Å². The molecule has 1 amide bonds. The molecule has 164 valence electrons. The first-order chi connectivity index (χ1) is 15.7. The number of benzene rings is 3. The summed E-state index contributed by atoms with van der Waals surface area (Å²) in [6, 6.07) is 26.5. The van der Waals surface area contributed by atoms with Gasteiger partial charge in [-0.05, 0) is 41.8 Å². The van der Waals surface area contributed by atoms with Crippen LogP contribution in [0.1, 0.15) is 35.6 Å². The summed E-state index contributed by atoms with van der Waals surface area (Å²) in [5.74, 6) is 0.813. The lowest BCUT2D eigenvalue weighted by atomic mass is 9.90. The number of rotatable bonds is 9. The highest BCUT2D eigenvalue weighted by atomic mass is 16.5. The number of nitrogens with one attached hydrogen (secondary N) is 3. The van der Waals surface area contributed by atoms with Crippen molar-refractivity contribution in [3.63, 3.8) is 0 Å². The van der Waals surface area contributed by atoms with Gasteiger partial charge in [0.25, 0.3) is 0 Å². The predicted octanol–water partition coefficient (Wildman–Crippen LogP) is 4.78. The molecular weight excluding hydrogens is 398 g/mol. The van der Waals surface area contributed by atoms with Crippen molar-refractivity contribution in [3.05, 3.63) is 102 Å². The maximum atomic E-state index is 12.6. The summed E-state index contributed by atoms with van der Waals surface area (Å²) < 4.78 is 5.31. The van der Waals surface area contributed by atoms with Crippen LogP contribution in [0.2, 0.25) is 0 Å². The van der Waals surface area contributed by atoms with Crippen LogP contribution in [0.4, 0.5) is 0 Å². The molecule has 3 N–H and O–H groups in total. The molecule has 0 aliphatic heterocycles. The predicted molar refractivity (Wildman–Crippen MR) is 129 cm³/mol.